The number of amides is 2. The first-order valence-electron chi connectivity index (χ1n) is 8.24. The van der Waals surface area contributed by atoms with Crippen molar-refractivity contribution in [3.63, 3.8) is 0 Å². The van der Waals surface area contributed by atoms with Crippen LogP contribution in [0.25, 0.3) is 10.4 Å². The summed E-state index contributed by atoms with van der Waals surface area (Å²) in [5.41, 5.74) is 2.70. The molecule has 0 unspecified atom stereocenters. The molecule has 0 saturated heterocycles. The third kappa shape index (κ3) is 3.36. The third-order valence-electron chi connectivity index (χ3n) is 4.25. The number of carbonyl (C=O) groups is 2. The molecule has 2 amide bonds. The monoisotopic (exact) mass is 398 g/mol. The van der Waals surface area contributed by atoms with Gasteiger partial charge in [0.25, 0.3) is 11.8 Å². The smallest absolute Gasteiger partial charge is 0.265 e. The maximum atomic E-state index is 13.7. The van der Waals surface area contributed by atoms with Gasteiger partial charge in [-0.05, 0) is 42.0 Å². The van der Waals surface area contributed by atoms with E-state index < -0.39 is 0 Å². The summed E-state index contributed by atoms with van der Waals surface area (Å²) >= 11 is 2.98. The van der Waals surface area contributed by atoms with Gasteiger partial charge in [-0.25, -0.2) is 4.39 Å². The summed E-state index contributed by atoms with van der Waals surface area (Å²) in [6, 6.07) is 13.4. The molecule has 0 radical (unpaired) electrons. The largest absolute Gasteiger partial charge is 0.355 e. The van der Waals surface area contributed by atoms with Gasteiger partial charge in [-0.1, -0.05) is 12.1 Å². The molecule has 2 heterocycles. The van der Waals surface area contributed by atoms with Gasteiger partial charge in [0.05, 0.1) is 16.1 Å². The Balaban J connectivity index is 1.65. The highest BCUT2D eigenvalue weighted by atomic mass is 32.2. The fraction of sp³-hybridized carbons (Fsp3) is 0.100. The number of nitrogens with one attached hydrogen (secondary N) is 2. The molecule has 136 valence electrons. The number of halogens is 1. The summed E-state index contributed by atoms with van der Waals surface area (Å²) in [6.45, 7) is 0. The molecular weight excluding hydrogens is 383 g/mol. The van der Waals surface area contributed by atoms with E-state index in [-0.39, 0.29) is 17.6 Å². The topological polar surface area (TPSA) is 58.2 Å². The second kappa shape index (κ2) is 7.17. The van der Waals surface area contributed by atoms with Crippen LogP contribution in [0.3, 0.4) is 0 Å². The van der Waals surface area contributed by atoms with Crippen molar-refractivity contribution in [1.29, 1.82) is 0 Å². The molecule has 0 saturated carbocycles. The van der Waals surface area contributed by atoms with Gasteiger partial charge in [-0.3, -0.25) is 9.59 Å². The minimum absolute atomic E-state index is 0.267. The van der Waals surface area contributed by atoms with Crippen LogP contribution in [0.15, 0.2) is 53.4 Å². The molecule has 0 fully saturated rings. The van der Waals surface area contributed by atoms with Gasteiger partial charge in [-0.2, -0.15) is 0 Å². The highest BCUT2D eigenvalue weighted by Crippen LogP contribution is 2.45. The van der Waals surface area contributed by atoms with E-state index in [0.717, 1.165) is 26.7 Å². The van der Waals surface area contributed by atoms with Crippen LogP contribution in [-0.2, 0) is 5.75 Å². The highest BCUT2D eigenvalue weighted by Gasteiger charge is 2.23. The lowest BCUT2D eigenvalue weighted by Gasteiger charge is -2.15. The lowest BCUT2D eigenvalue weighted by Crippen LogP contribution is -2.21. The van der Waals surface area contributed by atoms with Gasteiger partial charge in [0.1, 0.15) is 5.82 Å². The molecule has 4 rings (SSSR count). The second-order valence-corrected chi connectivity index (χ2v) is 8.04. The van der Waals surface area contributed by atoms with Crippen LogP contribution >= 0.6 is 23.1 Å². The van der Waals surface area contributed by atoms with E-state index >= 15 is 0 Å². The van der Waals surface area contributed by atoms with Crippen molar-refractivity contribution in [1.82, 2.24) is 5.32 Å². The molecule has 7 heteroatoms. The normalized spacial score (nSPS) is 12.1. The molecule has 0 aliphatic carbocycles. The molecular formula is C20H15FN2O2S2. The van der Waals surface area contributed by atoms with Crippen molar-refractivity contribution >= 4 is 40.6 Å². The van der Waals surface area contributed by atoms with E-state index in [2.05, 4.69) is 10.6 Å². The average molecular weight is 398 g/mol. The molecule has 4 nitrogen and oxygen atoms in total. The average Bonchev–Trinajstić information content (AvgIpc) is 3.13. The number of thiophene rings is 1. The van der Waals surface area contributed by atoms with Crippen LogP contribution in [0.4, 0.5) is 10.1 Å². The fourth-order valence-corrected chi connectivity index (χ4v) is 5.23. The number of rotatable bonds is 3. The van der Waals surface area contributed by atoms with Gasteiger partial charge >= 0.3 is 0 Å². The van der Waals surface area contributed by atoms with Gasteiger partial charge < -0.3 is 10.6 Å². The molecule has 3 aromatic rings. The molecule has 2 aromatic carbocycles. The Morgan fingerprint density at radius 2 is 1.89 bits per heavy atom. The lowest BCUT2D eigenvalue weighted by molar-refractivity contribution is 0.0964. The zero-order chi connectivity index (χ0) is 19.0. The van der Waals surface area contributed by atoms with E-state index in [1.165, 1.54) is 23.5 Å². The maximum absolute atomic E-state index is 13.7. The number of carbonyl (C=O) groups excluding carboxylic acids is 2. The summed E-state index contributed by atoms with van der Waals surface area (Å²) in [6.07, 6.45) is 0. The van der Waals surface area contributed by atoms with Crippen LogP contribution in [0.5, 0.6) is 0 Å². The van der Waals surface area contributed by atoms with Crippen molar-refractivity contribution in [3.8, 4) is 10.4 Å². The van der Waals surface area contributed by atoms with Crippen LogP contribution in [0, 0.1) is 5.82 Å². The molecule has 0 spiro atoms. The molecule has 2 N–H and O–H groups in total. The summed E-state index contributed by atoms with van der Waals surface area (Å²) < 4.78 is 13.7. The Bertz CT molecular complexity index is 1060. The Hall–Kier alpha value is -2.64. The first-order valence-corrected chi connectivity index (χ1v) is 10.0. The molecule has 27 heavy (non-hydrogen) atoms. The number of thioether (sulfide) groups is 1. The molecule has 1 aromatic heterocycles. The summed E-state index contributed by atoms with van der Waals surface area (Å²) in [5.74, 6) is -0.0981. The summed E-state index contributed by atoms with van der Waals surface area (Å²) in [5, 5.41) is 5.38. The molecule has 1 aliphatic heterocycles. The minimum Gasteiger partial charge on any atom is -0.355 e. The van der Waals surface area contributed by atoms with Gasteiger partial charge in [0, 0.05) is 28.1 Å². The Kier molecular flexibility index (Phi) is 4.72. The van der Waals surface area contributed by atoms with E-state index in [1.807, 2.05) is 6.07 Å². The van der Waals surface area contributed by atoms with E-state index in [4.69, 9.17) is 0 Å². The summed E-state index contributed by atoms with van der Waals surface area (Å²) in [7, 11) is 1.54. The van der Waals surface area contributed by atoms with Crippen molar-refractivity contribution in [2.45, 2.75) is 10.6 Å². The standard InChI is InChI=1S/C20H15FN2O2S2/c1-22-19(24)13-4-2-3-5-15(13)23-20(25)17-8-11-10-26-16-7-6-12(21)9-14(16)18(11)27-17/h2-9H,10H2,1H3,(H,22,24)(H,23,25). The van der Waals surface area contributed by atoms with E-state index in [9.17, 15) is 14.0 Å². The predicted molar refractivity (Wildman–Crippen MR) is 107 cm³/mol. The highest BCUT2D eigenvalue weighted by molar-refractivity contribution is 7.98. The molecule has 0 bridgehead atoms. The van der Waals surface area contributed by atoms with E-state index in [0.29, 0.717) is 16.1 Å². The number of anilines is 1. The maximum Gasteiger partial charge on any atom is 0.265 e. The Morgan fingerprint density at radius 1 is 1.07 bits per heavy atom. The summed E-state index contributed by atoms with van der Waals surface area (Å²) in [4.78, 5) is 27.2. The van der Waals surface area contributed by atoms with Gasteiger partial charge in [-0.15, -0.1) is 23.1 Å². The fourth-order valence-electron chi connectivity index (χ4n) is 2.95. The zero-order valence-electron chi connectivity index (χ0n) is 14.3. The van der Waals surface area contributed by atoms with Crippen LogP contribution in [0.2, 0.25) is 0 Å². The number of para-hydroxylation sites is 1. The van der Waals surface area contributed by atoms with E-state index in [1.54, 1.807) is 49.1 Å². The molecule has 0 atom stereocenters. The van der Waals surface area contributed by atoms with Crippen molar-refractivity contribution in [3.05, 3.63) is 70.4 Å². The lowest BCUT2D eigenvalue weighted by atomic mass is 10.1. The van der Waals surface area contributed by atoms with Crippen LogP contribution in [-0.4, -0.2) is 18.9 Å². The quantitative estimate of drug-likeness (QED) is 0.668. The number of hydrogen-bond donors (Lipinski definition) is 2. The minimum atomic E-state index is -0.291. The number of benzene rings is 2. The van der Waals surface area contributed by atoms with Crippen molar-refractivity contribution in [2.24, 2.45) is 0 Å². The number of hydrogen-bond acceptors (Lipinski definition) is 4. The van der Waals surface area contributed by atoms with Crippen LogP contribution < -0.4 is 10.6 Å². The van der Waals surface area contributed by atoms with Crippen molar-refractivity contribution in [2.75, 3.05) is 12.4 Å². The predicted octanol–water partition coefficient (Wildman–Crippen LogP) is 4.77. The first kappa shape index (κ1) is 17.8. The van der Waals surface area contributed by atoms with Gasteiger partial charge in [0.2, 0.25) is 0 Å². The second-order valence-electron chi connectivity index (χ2n) is 5.97. The first-order chi connectivity index (χ1) is 13.1. The van der Waals surface area contributed by atoms with Crippen molar-refractivity contribution < 1.29 is 14.0 Å². The Labute approximate surface area is 163 Å². The van der Waals surface area contributed by atoms with Gasteiger partial charge in [0.15, 0.2) is 0 Å². The SMILES string of the molecule is CNC(=O)c1ccccc1NC(=O)c1cc2c(s1)-c1cc(F)ccc1SC2. The third-order valence-corrected chi connectivity index (χ3v) is 6.58. The van der Waals surface area contributed by atoms with Crippen LogP contribution in [0.1, 0.15) is 25.6 Å². The molecule has 1 aliphatic rings. The number of fused-ring (bicyclic) bond motifs is 3. The Morgan fingerprint density at radius 3 is 2.70 bits per heavy atom. The zero-order valence-corrected chi connectivity index (χ0v) is 16.0.